The Kier molecular flexibility index (Phi) is 6.32. The van der Waals surface area contributed by atoms with Gasteiger partial charge in [-0.3, -0.25) is 4.79 Å². The van der Waals surface area contributed by atoms with E-state index in [1.165, 1.54) is 0 Å². The molecule has 4 aromatic carbocycles. The Morgan fingerprint density at radius 3 is 2.29 bits per heavy atom. The Labute approximate surface area is 183 Å². The SMILES string of the molecule is CC[C@@H](Oc1cccc2ccccc12)C(=O)N[C@H](c1ccccc1)c1ccccc1C. The predicted octanol–water partition coefficient (Wildman–Crippen LogP) is 6.21. The van der Waals surface area contributed by atoms with Crippen molar-refractivity contribution < 1.29 is 9.53 Å². The lowest BCUT2D eigenvalue weighted by Gasteiger charge is -2.25. The molecule has 2 atom stereocenters. The maximum atomic E-state index is 13.3. The van der Waals surface area contributed by atoms with Crippen molar-refractivity contribution in [2.75, 3.05) is 0 Å². The molecule has 0 unspecified atom stereocenters. The van der Waals surface area contributed by atoms with Gasteiger partial charge in [0.1, 0.15) is 5.75 Å². The van der Waals surface area contributed by atoms with Crippen LogP contribution in [0.15, 0.2) is 97.1 Å². The van der Waals surface area contributed by atoms with Gasteiger partial charge in [-0.1, -0.05) is 97.9 Å². The van der Waals surface area contributed by atoms with E-state index in [1.807, 2.05) is 91.9 Å². The zero-order valence-corrected chi connectivity index (χ0v) is 17.9. The van der Waals surface area contributed by atoms with Gasteiger partial charge in [-0.2, -0.15) is 0 Å². The summed E-state index contributed by atoms with van der Waals surface area (Å²) in [6.45, 7) is 4.04. The van der Waals surface area contributed by atoms with Gasteiger partial charge in [0.15, 0.2) is 6.10 Å². The van der Waals surface area contributed by atoms with Crippen molar-refractivity contribution in [3.63, 3.8) is 0 Å². The Hall–Kier alpha value is -3.59. The highest BCUT2D eigenvalue weighted by atomic mass is 16.5. The van der Waals surface area contributed by atoms with Crippen LogP contribution in [0.25, 0.3) is 10.8 Å². The molecule has 0 saturated heterocycles. The van der Waals surface area contributed by atoms with Gasteiger partial charge >= 0.3 is 0 Å². The summed E-state index contributed by atoms with van der Waals surface area (Å²) in [6.07, 6.45) is -0.00863. The molecule has 0 fully saturated rings. The van der Waals surface area contributed by atoms with Crippen LogP contribution in [-0.4, -0.2) is 12.0 Å². The van der Waals surface area contributed by atoms with Crippen LogP contribution in [0.2, 0.25) is 0 Å². The van der Waals surface area contributed by atoms with E-state index in [-0.39, 0.29) is 11.9 Å². The molecule has 156 valence electrons. The van der Waals surface area contributed by atoms with Crippen LogP contribution < -0.4 is 10.1 Å². The zero-order chi connectivity index (χ0) is 21.6. The fourth-order valence-corrected chi connectivity index (χ4v) is 3.91. The van der Waals surface area contributed by atoms with Crippen molar-refractivity contribution in [2.45, 2.75) is 32.4 Å². The minimum absolute atomic E-state index is 0.118. The summed E-state index contributed by atoms with van der Waals surface area (Å²) < 4.78 is 6.23. The largest absolute Gasteiger partial charge is 0.480 e. The van der Waals surface area contributed by atoms with Gasteiger partial charge in [-0.25, -0.2) is 0 Å². The van der Waals surface area contributed by atoms with E-state index < -0.39 is 6.10 Å². The Morgan fingerprint density at radius 1 is 0.839 bits per heavy atom. The van der Waals surface area contributed by atoms with Crippen molar-refractivity contribution in [2.24, 2.45) is 0 Å². The minimum Gasteiger partial charge on any atom is -0.480 e. The first-order valence-corrected chi connectivity index (χ1v) is 10.7. The fraction of sp³-hybridized carbons (Fsp3) is 0.179. The number of aryl methyl sites for hydroxylation is 1. The lowest BCUT2D eigenvalue weighted by atomic mass is 9.94. The zero-order valence-electron chi connectivity index (χ0n) is 17.9. The van der Waals surface area contributed by atoms with Crippen molar-refractivity contribution in [1.29, 1.82) is 0 Å². The third-order valence-corrected chi connectivity index (χ3v) is 5.60. The lowest BCUT2D eigenvalue weighted by Crippen LogP contribution is -2.40. The minimum atomic E-state index is -0.582. The highest BCUT2D eigenvalue weighted by molar-refractivity contribution is 5.89. The molecule has 1 N–H and O–H groups in total. The molecular weight excluding hydrogens is 382 g/mol. The molecule has 0 aliphatic rings. The average molecular weight is 410 g/mol. The normalized spacial score (nSPS) is 12.8. The van der Waals surface area contributed by atoms with Gasteiger partial charge in [-0.15, -0.1) is 0 Å². The quantitative estimate of drug-likeness (QED) is 0.394. The van der Waals surface area contributed by atoms with E-state index in [0.717, 1.165) is 33.2 Å². The number of carbonyl (C=O) groups excluding carboxylic acids is 1. The van der Waals surface area contributed by atoms with Crippen LogP contribution in [-0.2, 0) is 4.79 Å². The van der Waals surface area contributed by atoms with Crippen molar-refractivity contribution in [3.05, 3.63) is 114 Å². The van der Waals surface area contributed by atoms with E-state index >= 15 is 0 Å². The lowest BCUT2D eigenvalue weighted by molar-refractivity contribution is -0.128. The molecule has 0 bridgehead atoms. The first kappa shape index (κ1) is 20.7. The van der Waals surface area contributed by atoms with Crippen molar-refractivity contribution in [1.82, 2.24) is 5.32 Å². The number of ether oxygens (including phenoxy) is 1. The molecule has 0 spiro atoms. The summed E-state index contributed by atoms with van der Waals surface area (Å²) in [5.74, 6) is 0.611. The molecule has 1 amide bonds. The first-order valence-electron chi connectivity index (χ1n) is 10.7. The van der Waals surface area contributed by atoms with Gasteiger partial charge in [0.25, 0.3) is 5.91 Å². The smallest absolute Gasteiger partial charge is 0.261 e. The van der Waals surface area contributed by atoms with Gasteiger partial charge < -0.3 is 10.1 Å². The number of hydrogen-bond donors (Lipinski definition) is 1. The molecule has 0 aliphatic carbocycles. The monoisotopic (exact) mass is 409 g/mol. The highest BCUT2D eigenvalue weighted by Crippen LogP contribution is 2.28. The van der Waals surface area contributed by atoms with Crippen LogP contribution in [0, 0.1) is 6.92 Å². The molecule has 4 rings (SSSR count). The number of amides is 1. The maximum Gasteiger partial charge on any atom is 0.261 e. The summed E-state index contributed by atoms with van der Waals surface area (Å²) in [6, 6.07) is 32.0. The second-order valence-corrected chi connectivity index (χ2v) is 7.70. The summed E-state index contributed by atoms with van der Waals surface area (Å²) in [7, 11) is 0. The second kappa shape index (κ2) is 9.48. The standard InChI is InChI=1S/C28H27NO2/c1-3-25(31-26-19-11-16-21-13-8-10-18-24(21)26)28(30)29-27(22-14-5-4-6-15-22)23-17-9-7-12-20(23)2/h4-19,25,27H,3H2,1-2H3,(H,29,30)/t25-,27-/m1/s1. The molecule has 3 heteroatoms. The highest BCUT2D eigenvalue weighted by Gasteiger charge is 2.25. The summed E-state index contributed by atoms with van der Waals surface area (Å²) in [4.78, 5) is 13.3. The number of fused-ring (bicyclic) bond motifs is 1. The van der Waals surface area contributed by atoms with Gasteiger partial charge in [0.05, 0.1) is 6.04 Å². The molecule has 0 aliphatic heterocycles. The molecule has 3 nitrogen and oxygen atoms in total. The van der Waals surface area contributed by atoms with Gasteiger partial charge in [0, 0.05) is 5.39 Å². The van der Waals surface area contributed by atoms with E-state index in [2.05, 4.69) is 24.4 Å². The average Bonchev–Trinajstić information content (AvgIpc) is 2.82. The molecule has 0 saturated carbocycles. The first-order chi connectivity index (χ1) is 15.2. The Bertz CT molecular complexity index is 1160. The number of rotatable bonds is 7. The van der Waals surface area contributed by atoms with Crippen LogP contribution in [0.3, 0.4) is 0 Å². The third-order valence-electron chi connectivity index (χ3n) is 5.60. The molecule has 0 radical (unpaired) electrons. The number of carbonyl (C=O) groups is 1. The van der Waals surface area contributed by atoms with Gasteiger partial charge in [-0.05, 0) is 41.5 Å². The maximum absolute atomic E-state index is 13.3. The van der Waals surface area contributed by atoms with Crippen LogP contribution in [0.1, 0.15) is 36.1 Å². The summed E-state index contributed by atoms with van der Waals surface area (Å²) in [5.41, 5.74) is 3.27. The molecule has 0 heterocycles. The summed E-state index contributed by atoms with van der Waals surface area (Å²) in [5, 5.41) is 5.35. The third kappa shape index (κ3) is 4.61. The Balaban J connectivity index is 1.62. The van der Waals surface area contributed by atoms with E-state index in [4.69, 9.17) is 4.74 Å². The van der Waals surface area contributed by atoms with Gasteiger partial charge in [0.2, 0.25) is 0 Å². The van der Waals surface area contributed by atoms with Crippen LogP contribution in [0.4, 0.5) is 0 Å². The fourth-order valence-electron chi connectivity index (χ4n) is 3.91. The van der Waals surface area contributed by atoms with E-state index in [1.54, 1.807) is 0 Å². The predicted molar refractivity (Wildman–Crippen MR) is 126 cm³/mol. The number of nitrogens with one attached hydrogen (secondary N) is 1. The van der Waals surface area contributed by atoms with E-state index in [9.17, 15) is 4.79 Å². The topological polar surface area (TPSA) is 38.3 Å². The number of benzene rings is 4. The number of hydrogen-bond acceptors (Lipinski definition) is 2. The summed E-state index contributed by atoms with van der Waals surface area (Å²) >= 11 is 0. The van der Waals surface area contributed by atoms with Crippen LogP contribution in [0.5, 0.6) is 5.75 Å². The second-order valence-electron chi connectivity index (χ2n) is 7.70. The van der Waals surface area contributed by atoms with Crippen molar-refractivity contribution in [3.8, 4) is 5.75 Å². The Morgan fingerprint density at radius 2 is 1.52 bits per heavy atom. The van der Waals surface area contributed by atoms with Crippen molar-refractivity contribution >= 4 is 16.7 Å². The van der Waals surface area contributed by atoms with Crippen LogP contribution >= 0.6 is 0 Å². The molecule has 31 heavy (non-hydrogen) atoms. The molecular formula is C28H27NO2. The molecule has 0 aromatic heterocycles. The van der Waals surface area contributed by atoms with E-state index in [0.29, 0.717) is 6.42 Å². The molecule has 4 aromatic rings.